The Morgan fingerprint density at radius 3 is 2.74 bits per heavy atom. The first-order chi connectivity index (χ1) is 16.6. The molecule has 0 spiro atoms. The molecule has 0 bridgehead atoms. The normalized spacial score (nSPS) is 17.0. The van der Waals surface area contributed by atoms with Crippen LogP contribution in [-0.2, 0) is 20.7 Å². The van der Waals surface area contributed by atoms with Gasteiger partial charge in [0.25, 0.3) is 0 Å². The lowest BCUT2D eigenvalue weighted by atomic mass is 9.94. The number of thioether (sulfide) groups is 1. The number of allylic oxidation sites excluding steroid dienone is 1. The molecule has 174 valence electrons. The van der Waals surface area contributed by atoms with E-state index in [0.717, 1.165) is 22.1 Å². The Bertz CT molecular complexity index is 1160. The summed E-state index contributed by atoms with van der Waals surface area (Å²) in [5.74, 6) is -0.539. The zero-order chi connectivity index (χ0) is 23.9. The minimum absolute atomic E-state index is 0.0992. The number of pyridine rings is 1. The summed E-state index contributed by atoms with van der Waals surface area (Å²) in [4.78, 5) is 36.7. The first-order valence-electron chi connectivity index (χ1n) is 11.0. The summed E-state index contributed by atoms with van der Waals surface area (Å²) in [6.45, 7) is 6.05. The number of amidine groups is 1. The highest BCUT2D eigenvalue weighted by molar-refractivity contribution is 8.16. The molecule has 3 heterocycles. The summed E-state index contributed by atoms with van der Waals surface area (Å²) in [5.41, 5.74) is 3.70. The smallest absolute Gasteiger partial charge is 0.338 e. The highest BCUT2D eigenvalue weighted by Gasteiger charge is 2.41. The van der Waals surface area contributed by atoms with E-state index < -0.39 is 12.0 Å². The molecular formula is C26H26N4O3S. The number of fused-ring (bicyclic) bond motifs is 1. The Labute approximate surface area is 203 Å². The number of ether oxygens (including phenoxy) is 1. The first-order valence-corrected chi connectivity index (χ1v) is 11.9. The fourth-order valence-electron chi connectivity index (χ4n) is 3.90. The monoisotopic (exact) mass is 474 g/mol. The van der Waals surface area contributed by atoms with Crippen LogP contribution in [0.25, 0.3) is 0 Å². The summed E-state index contributed by atoms with van der Waals surface area (Å²) >= 11 is 1.45. The maximum Gasteiger partial charge on any atom is 0.338 e. The van der Waals surface area contributed by atoms with Crippen molar-refractivity contribution in [3.8, 4) is 0 Å². The lowest BCUT2D eigenvalue weighted by molar-refractivity contribution is -0.138. The van der Waals surface area contributed by atoms with Gasteiger partial charge in [0, 0.05) is 30.6 Å². The number of rotatable bonds is 9. The van der Waals surface area contributed by atoms with Gasteiger partial charge in [-0.3, -0.25) is 9.78 Å². The molecule has 2 aromatic rings. The van der Waals surface area contributed by atoms with Gasteiger partial charge in [-0.1, -0.05) is 60.8 Å². The first kappa shape index (κ1) is 23.5. The summed E-state index contributed by atoms with van der Waals surface area (Å²) in [6.07, 6.45) is 4.11. The lowest BCUT2D eigenvalue weighted by Crippen LogP contribution is -2.38. The molecule has 0 aliphatic carbocycles. The van der Waals surface area contributed by atoms with Crippen LogP contribution in [0.1, 0.15) is 30.6 Å². The van der Waals surface area contributed by atoms with Gasteiger partial charge in [0.15, 0.2) is 5.17 Å². The molecule has 0 saturated heterocycles. The van der Waals surface area contributed by atoms with Crippen molar-refractivity contribution in [1.29, 1.82) is 0 Å². The van der Waals surface area contributed by atoms with E-state index in [2.05, 4.69) is 21.9 Å². The minimum Gasteiger partial charge on any atom is -0.458 e. The SMILES string of the molecule is C=CCOC(=O)C1=C(C)N=C2SC=C(CC(=O)NCCc3ccccn3)N2[C@@H]1c1ccccc1. The molecule has 1 atom stereocenters. The molecule has 4 rings (SSSR count). The number of aliphatic imine (C=N–C) groups is 1. The number of aromatic nitrogens is 1. The summed E-state index contributed by atoms with van der Waals surface area (Å²) in [7, 11) is 0. The number of nitrogens with zero attached hydrogens (tertiary/aromatic N) is 3. The van der Waals surface area contributed by atoms with Crippen LogP contribution in [0.2, 0.25) is 0 Å². The summed E-state index contributed by atoms with van der Waals surface area (Å²) in [6, 6.07) is 15.0. The third-order valence-corrected chi connectivity index (χ3v) is 6.33. The third kappa shape index (κ3) is 5.28. The van der Waals surface area contributed by atoms with E-state index in [9.17, 15) is 9.59 Å². The molecule has 34 heavy (non-hydrogen) atoms. The van der Waals surface area contributed by atoms with E-state index in [1.165, 1.54) is 17.8 Å². The molecular weight excluding hydrogens is 448 g/mol. The fraction of sp³-hybridized carbons (Fsp3) is 0.231. The van der Waals surface area contributed by atoms with Gasteiger partial charge >= 0.3 is 5.97 Å². The lowest BCUT2D eigenvalue weighted by Gasteiger charge is -2.36. The van der Waals surface area contributed by atoms with Crippen molar-refractivity contribution in [1.82, 2.24) is 15.2 Å². The molecule has 8 heteroatoms. The van der Waals surface area contributed by atoms with Crippen LogP contribution in [0.3, 0.4) is 0 Å². The van der Waals surface area contributed by atoms with Crippen molar-refractivity contribution >= 4 is 28.8 Å². The third-order valence-electron chi connectivity index (χ3n) is 5.44. The number of carbonyl (C=O) groups excluding carboxylic acids is 2. The Balaban J connectivity index is 1.53. The van der Waals surface area contributed by atoms with E-state index in [0.29, 0.717) is 24.2 Å². The maximum absolute atomic E-state index is 13.0. The zero-order valence-corrected chi connectivity index (χ0v) is 19.8. The van der Waals surface area contributed by atoms with E-state index >= 15 is 0 Å². The number of amides is 1. The Kier molecular flexibility index (Phi) is 7.59. The summed E-state index contributed by atoms with van der Waals surface area (Å²) in [5, 5.41) is 5.64. The van der Waals surface area contributed by atoms with Crippen LogP contribution >= 0.6 is 11.8 Å². The highest BCUT2D eigenvalue weighted by atomic mass is 32.2. The van der Waals surface area contributed by atoms with Crippen molar-refractivity contribution in [3.63, 3.8) is 0 Å². The Hall–Kier alpha value is -3.65. The molecule has 7 nitrogen and oxygen atoms in total. The van der Waals surface area contributed by atoms with Gasteiger partial charge in [-0.2, -0.15) is 0 Å². The number of esters is 1. The highest BCUT2D eigenvalue weighted by Crippen LogP contribution is 2.44. The van der Waals surface area contributed by atoms with Crippen LogP contribution < -0.4 is 5.32 Å². The molecule has 2 aliphatic rings. The van der Waals surface area contributed by atoms with Crippen molar-refractivity contribution in [3.05, 3.63) is 101 Å². The van der Waals surface area contributed by atoms with Gasteiger partial charge in [0.1, 0.15) is 6.61 Å². The average molecular weight is 475 g/mol. The average Bonchev–Trinajstić information content (AvgIpc) is 3.24. The largest absolute Gasteiger partial charge is 0.458 e. The number of carbonyl (C=O) groups is 2. The zero-order valence-electron chi connectivity index (χ0n) is 18.9. The van der Waals surface area contributed by atoms with Crippen LogP contribution in [0.5, 0.6) is 0 Å². The molecule has 0 saturated carbocycles. The topological polar surface area (TPSA) is 83.9 Å². The van der Waals surface area contributed by atoms with Crippen LogP contribution in [0, 0.1) is 0 Å². The number of nitrogens with one attached hydrogen (secondary N) is 1. The predicted octanol–water partition coefficient (Wildman–Crippen LogP) is 4.13. The molecule has 0 unspecified atom stereocenters. The molecule has 0 fully saturated rings. The molecule has 1 amide bonds. The van der Waals surface area contributed by atoms with Crippen molar-refractivity contribution < 1.29 is 14.3 Å². The quantitative estimate of drug-likeness (QED) is 0.435. The number of hydrogen-bond acceptors (Lipinski definition) is 7. The van der Waals surface area contributed by atoms with Crippen LogP contribution in [0.15, 0.2) is 94.8 Å². The van der Waals surface area contributed by atoms with E-state index in [1.807, 2.05) is 65.8 Å². The molecule has 1 aromatic heterocycles. The van der Waals surface area contributed by atoms with Gasteiger partial charge in [0.2, 0.25) is 5.91 Å². The minimum atomic E-state index is -0.440. The maximum atomic E-state index is 13.0. The molecule has 2 aliphatic heterocycles. The van der Waals surface area contributed by atoms with Crippen LogP contribution in [-0.4, -0.2) is 40.1 Å². The van der Waals surface area contributed by atoms with Crippen molar-refractivity contribution in [2.24, 2.45) is 4.99 Å². The second-order valence-corrected chi connectivity index (χ2v) is 8.63. The van der Waals surface area contributed by atoms with Gasteiger partial charge < -0.3 is 15.0 Å². The van der Waals surface area contributed by atoms with Crippen molar-refractivity contribution in [2.75, 3.05) is 13.2 Å². The Morgan fingerprint density at radius 1 is 1.21 bits per heavy atom. The molecule has 0 radical (unpaired) electrons. The van der Waals surface area contributed by atoms with Gasteiger partial charge in [-0.05, 0) is 30.0 Å². The summed E-state index contributed by atoms with van der Waals surface area (Å²) < 4.78 is 5.39. The second kappa shape index (κ2) is 11.0. The standard InChI is InChI=1S/C26H26N4O3S/c1-3-15-33-25(32)23-18(2)29-26-30(24(23)19-9-5-4-6-10-19)21(17-34-26)16-22(31)28-14-12-20-11-7-8-13-27-20/h3-11,13,17,24H,1,12,14-16H2,2H3,(H,28,31)/t24-/m1/s1. The van der Waals surface area contributed by atoms with Gasteiger partial charge in [0.05, 0.1) is 23.7 Å². The molecule has 1 N–H and O–H groups in total. The van der Waals surface area contributed by atoms with E-state index in [1.54, 1.807) is 6.20 Å². The number of benzene rings is 1. The second-order valence-electron chi connectivity index (χ2n) is 7.79. The van der Waals surface area contributed by atoms with Gasteiger partial charge in [-0.15, -0.1) is 0 Å². The molecule has 1 aromatic carbocycles. The predicted molar refractivity (Wildman–Crippen MR) is 134 cm³/mol. The van der Waals surface area contributed by atoms with Crippen LogP contribution in [0.4, 0.5) is 0 Å². The Morgan fingerprint density at radius 2 is 2.00 bits per heavy atom. The van der Waals surface area contributed by atoms with E-state index in [4.69, 9.17) is 4.74 Å². The fourth-order valence-corrected chi connectivity index (χ4v) is 4.86. The van der Waals surface area contributed by atoms with E-state index in [-0.39, 0.29) is 18.9 Å². The number of hydrogen-bond donors (Lipinski definition) is 1. The van der Waals surface area contributed by atoms with Gasteiger partial charge in [-0.25, -0.2) is 9.79 Å². The van der Waals surface area contributed by atoms with Crippen molar-refractivity contribution in [2.45, 2.75) is 25.8 Å².